The Hall–Kier alpha value is -4.08. The van der Waals surface area contributed by atoms with Crippen LogP contribution in [0.2, 0.25) is 0 Å². The van der Waals surface area contributed by atoms with Crippen LogP contribution in [-0.4, -0.2) is 23.3 Å². The smallest absolute Gasteiger partial charge is 0.404 e. The molecule has 1 heterocycles. The van der Waals surface area contributed by atoms with Crippen molar-refractivity contribution in [1.29, 1.82) is 0 Å². The molecule has 0 radical (unpaired) electrons. The van der Waals surface area contributed by atoms with Crippen LogP contribution in [0.1, 0.15) is 15.9 Å². The molecule has 0 aliphatic rings. The first-order chi connectivity index (χ1) is 14.8. The molecule has 3 N–H and O–H groups in total. The fourth-order valence-electron chi connectivity index (χ4n) is 2.54. The highest BCUT2D eigenvalue weighted by Gasteiger charge is 2.32. The third-order valence-electron chi connectivity index (χ3n) is 3.97. The highest BCUT2D eigenvalue weighted by molar-refractivity contribution is 6.05. The van der Waals surface area contributed by atoms with Gasteiger partial charge in [0.15, 0.2) is 5.75 Å². The van der Waals surface area contributed by atoms with Gasteiger partial charge in [-0.2, -0.15) is 0 Å². The summed E-state index contributed by atoms with van der Waals surface area (Å²) in [4.78, 5) is 28.2. The lowest BCUT2D eigenvalue weighted by Gasteiger charge is -2.14. The monoisotopic (exact) mass is 430 g/mol. The van der Waals surface area contributed by atoms with Gasteiger partial charge in [-0.1, -0.05) is 12.1 Å². The zero-order valence-electron chi connectivity index (χ0n) is 15.9. The summed E-state index contributed by atoms with van der Waals surface area (Å²) in [5.74, 6) is -1.15. The molecule has 2 aromatic carbocycles. The van der Waals surface area contributed by atoms with E-state index in [-0.39, 0.29) is 11.3 Å². The van der Waals surface area contributed by atoms with Crippen molar-refractivity contribution in [3.05, 3.63) is 84.2 Å². The van der Waals surface area contributed by atoms with E-state index in [9.17, 15) is 22.8 Å². The largest absolute Gasteiger partial charge is 0.573 e. The van der Waals surface area contributed by atoms with Gasteiger partial charge in [-0.05, 0) is 54.1 Å². The van der Waals surface area contributed by atoms with E-state index in [0.717, 1.165) is 11.6 Å². The number of amides is 3. The molecular formula is C21H17F3N4O3. The Labute approximate surface area is 175 Å². The fourth-order valence-corrected chi connectivity index (χ4v) is 2.54. The number of hydrogen-bond donors (Lipinski definition) is 3. The molecule has 160 valence electrons. The van der Waals surface area contributed by atoms with E-state index in [1.54, 1.807) is 24.5 Å². The van der Waals surface area contributed by atoms with E-state index in [0.29, 0.717) is 12.2 Å². The first-order valence-corrected chi connectivity index (χ1v) is 9.00. The molecule has 0 aliphatic heterocycles. The van der Waals surface area contributed by atoms with Crippen molar-refractivity contribution in [2.75, 3.05) is 10.6 Å². The second-order valence-electron chi connectivity index (χ2n) is 6.24. The number of urea groups is 1. The van der Waals surface area contributed by atoms with Crippen LogP contribution in [0.15, 0.2) is 73.1 Å². The van der Waals surface area contributed by atoms with Gasteiger partial charge in [0.1, 0.15) is 0 Å². The number of benzene rings is 2. The summed E-state index contributed by atoms with van der Waals surface area (Å²) in [6, 6.07) is 14.2. The first-order valence-electron chi connectivity index (χ1n) is 9.00. The Morgan fingerprint density at radius 2 is 1.58 bits per heavy atom. The van der Waals surface area contributed by atoms with E-state index in [1.165, 1.54) is 42.5 Å². The Kier molecular flexibility index (Phi) is 6.71. The normalized spacial score (nSPS) is 10.8. The predicted octanol–water partition coefficient (Wildman–Crippen LogP) is 4.55. The van der Waals surface area contributed by atoms with Gasteiger partial charge in [0.05, 0.1) is 5.69 Å². The van der Waals surface area contributed by atoms with Crippen LogP contribution >= 0.6 is 0 Å². The number of carbonyl (C=O) groups excluding carboxylic acids is 2. The van der Waals surface area contributed by atoms with Crippen LogP contribution in [-0.2, 0) is 6.54 Å². The van der Waals surface area contributed by atoms with E-state index in [2.05, 4.69) is 25.7 Å². The van der Waals surface area contributed by atoms with Crippen molar-refractivity contribution in [2.24, 2.45) is 0 Å². The van der Waals surface area contributed by atoms with E-state index >= 15 is 0 Å². The van der Waals surface area contributed by atoms with Gasteiger partial charge in [-0.15, -0.1) is 13.2 Å². The number of halogens is 3. The van der Waals surface area contributed by atoms with Crippen molar-refractivity contribution in [3.63, 3.8) is 0 Å². The maximum atomic E-state index is 12.5. The topological polar surface area (TPSA) is 92.4 Å². The summed E-state index contributed by atoms with van der Waals surface area (Å²) in [7, 11) is 0. The molecule has 3 amide bonds. The molecule has 10 heteroatoms. The number of carbonyl (C=O) groups is 2. The highest BCUT2D eigenvalue weighted by atomic mass is 19.4. The van der Waals surface area contributed by atoms with Crippen LogP contribution in [0.25, 0.3) is 0 Å². The molecule has 7 nitrogen and oxygen atoms in total. The van der Waals surface area contributed by atoms with Crippen LogP contribution in [0.4, 0.5) is 29.3 Å². The molecule has 31 heavy (non-hydrogen) atoms. The Balaban J connectivity index is 1.57. The van der Waals surface area contributed by atoms with Gasteiger partial charge < -0.3 is 20.7 Å². The molecule has 0 bridgehead atoms. The Bertz CT molecular complexity index is 1040. The number of alkyl halides is 3. The van der Waals surface area contributed by atoms with Gasteiger partial charge in [0, 0.05) is 30.2 Å². The minimum atomic E-state index is -4.88. The first kappa shape index (κ1) is 21.6. The molecule has 3 rings (SSSR count). The SMILES string of the molecule is O=C(NCc1ccncc1)Nc1ccc(C(=O)Nc2ccccc2OC(F)(F)F)cc1. The lowest BCUT2D eigenvalue weighted by Crippen LogP contribution is -2.28. The molecular weight excluding hydrogens is 413 g/mol. The minimum Gasteiger partial charge on any atom is -0.404 e. The van der Waals surface area contributed by atoms with Crippen LogP contribution in [0.5, 0.6) is 5.75 Å². The van der Waals surface area contributed by atoms with E-state index in [1.807, 2.05) is 0 Å². The zero-order chi connectivity index (χ0) is 22.3. The third kappa shape index (κ3) is 6.74. The van der Waals surface area contributed by atoms with Crippen molar-refractivity contribution < 1.29 is 27.5 Å². The number of rotatable bonds is 6. The number of anilines is 2. The second kappa shape index (κ2) is 9.61. The Morgan fingerprint density at radius 3 is 2.26 bits per heavy atom. The quantitative estimate of drug-likeness (QED) is 0.535. The third-order valence-corrected chi connectivity index (χ3v) is 3.97. The summed E-state index contributed by atoms with van der Waals surface area (Å²) in [6.07, 6.45) is -1.65. The number of pyridine rings is 1. The van der Waals surface area contributed by atoms with Crippen molar-refractivity contribution in [3.8, 4) is 5.75 Å². The van der Waals surface area contributed by atoms with Gasteiger partial charge in [-0.25, -0.2) is 4.79 Å². The van der Waals surface area contributed by atoms with Crippen molar-refractivity contribution in [2.45, 2.75) is 12.9 Å². The van der Waals surface area contributed by atoms with Crippen LogP contribution in [0.3, 0.4) is 0 Å². The summed E-state index contributed by atoms with van der Waals surface area (Å²) in [5.41, 5.74) is 1.38. The molecule has 1 aromatic heterocycles. The lowest BCUT2D eigenvalue weighted by atomic mass is 10.2. The van der Waals surface area contributed by atoms with Crippen molar-refractivity contribution in [1.82, 2.24) is 10.3 Å². The molecule has 0 saturated heterocycles. The number of hydrogen-bond acceptors (Lipinski definition) is 4. The van der Waals surface area contributed by atoms with Gasteiger partial charge in [-0.3, -0.25) is 9.78 Å². The second-order valence-corrected chi connectivity index (χ2v) is 6.24. The average Bonchev–Trinajstić information content (AvgIpc) is 2.74. The van der Waals surface area contributed by atoms with Gasteiger partial charge in [0.2, 0.25) is 0 Å². The molecule has 0 atom stereocenters. The van der Waals surface area contributed by atoms with Crippen molar-refractivity contribution >= 4 is 23.3 Å². The summed E-state index contributed by atoms with van der Waals surface area (Å²) < 4.78 is 41.4. The van der Waals surface area contributed by atoms with E-state index in [4.69, 9.17) is 0 Å². The minimum absolute atomic E-state index is 0.123. The average molecular weight is 430 g/mol. The van der Waals surface area contributed by atoms with E-state index < -0.39 is 24.1 Å². The summed E-state index contributed by atoms with van der Waals surface area (Å²) in [5, 5.41) is 7.68. The standard InChI is InChI=1S/C21H17F3N4O3/c22-21(23,24)31-18-4-2-1-3-17(18)28-19(29)15-5-7-16(8-6-15)27-20(30)26-13-14-9-11-25-12-10-14/h1-12H,13H2,(H,28,29)(H2,26,27,30). The summed E-state index contributed by atoms with van der Waals surface area (Å²) in [6.45, 7) is 0.314. The highest BCUT2D eigenvalue weighted by Crippen LogP contribution is 2.30. The number of nitrogens with zero attached hydrogens (tertiary/aromatic N) is 1. The lowest BCUT2D eigenvalue weighted by molar-refractivity contribution is -0.274. The zero-order valence-corrected chi connectivity index (χ0v) is 15.9. The molecule has 0 fully saturated rings. The molecule has 0 unspecified atom stereocenters. The summed E-state index contributed by atoms with van der Waals surface area (Å²) >= 11 is 0. The number of para-hydroxylation sites is 2. The van der Waals surface area contributed by atoms with Crippen LogP contribution < -0.4 is 20.7 Å². The number of aromatic nitrogens is 1. The van der Waals surface area contributed by atoms with Crippen LogP contribution in [0, 0.1) is 0 Å². The molecule has 0 aliphatic carbocycles. The predicted molar refractivity (Wildman–Crippen MR) is 108 cm³/mol. The molecule has 0 spiro atoms. The fraction of sp³-hybridized carbons (Fsp3) is 0.0952. The number of nitrogens with one attached hydrogen (secondary N) is 3. The van der Waals surface area contributed by atoms with Gasteiger partial charge in [0.25, 0.3) is 5.91 Å². The van der Waals surface area contributed by atoms with Gasteiger partial charge >= 0.3 is 12.4 Å². The number of ether oxygens (including phenoxy) is 1. The molecule has 0 saturated carbocycles. The molecule has 3 aromatic rings. The maximum absolute atomic E-state index is 12.5. The Morgan fingerprint density at radius 1 is 0.903 bits per heavy atom. The maximum Gasteiger partial charge on any atom is 0.573 e.